The normalized spacial score (nSPS) is 34.1. The fourth-order valence-corrected chi connectivity index (χ4v) is 2.54. The van der Waals surface area contributed by atoms with Gasteiger partial charge in [0.05, 0.1) is 0 Å². The zero-order chi connectivity index (χ0) is 15.2. The summed E-state index contributed by atoms with van der Waals surface area (Å²) in [5, 5.41) is 0. The topological polar surface area (TPSA) is 65.2 Å². The lowest BCUT2D eigenvalue weighted by Crippen LogP contribution is -2.49. The lowest BCUT2D eigenvalue weighted by Gasteiger charge is -2.33. The van der Waals surface area contributed by atoms with Crippen molar-refractivity contribution >= 4 is 5.91 Å². The minimum Gasteiger partial charge on any atom is -0.367 e. The van der Waals surface area contributed by atoms with E-state index in [1.54, 1.807) is 0 Å². The number of primary amides is 1. The van der Waals surface area contributed by atoms with Gasteiger partial charge in [0.2, 0.25) is 0 Å². The lowest BCUT2D eigenvalue weighted by molar-refractivity contribution is -0.285. The summed E-state index contributed by atoms with van der Waals surface area (Å²) in [4.78, 5) is 15.6. The summed E-state index contributed by atoms with van der Waals surface area (Å²) in [5.74, 6) is -1.85. The second-order valence-electron chi connectivity index (χ2n) is 5.25. The van der Waals surface area contributed by atoms with Gasteiger partial charge in [-0.1, -0.05) is 13.0 Å². The molecule has 0 aliphatic carbocycles. The summed E-state index contributed by atoms with van der Waals surface area (Å²) >= 11 is 0. The first-order valence-corrected chi connectivity index (χ1v) is 6.11. The highest BCUT2D eigenvalue weighted by Crippen LogP contribution is 2.54. The molecule has 0 radical (unpaired) electrons. The van der Waals surface area contributed by atoms with Gasteiger partial charge in [-0.2, -0.15) is 13.2 Å². The predicted octanol–water partition coefficient (Wildman–Crippen LogP) is 2.14. The van der Waals surface area contributed by atoms with Crippen molar-refractivity contribution in [3.05, 3.63) is 30.1 Å². The molecule has 1 amide bonds. The number of carbonyl (C=O) groups is 1. The van der Waals surface area contributed by atoms with Gasteiger partial charge in [-0.3, -0.25) is 9.78 Å². The Kier molecular flexibility index (Phi) is 3.28. The van der Waals surface area contributed by atoms with Gasteiger partial charge in [0, 0.05) is 18.0 Å². The van der Waals surface area contributed by atoms with Gasteiger partial charge in [0.15, 0.2) is 11.2 Å². The molecule has 2 N–H and O–H groups in total. The van der Waals surface area contributed by atoms with Crippen LogP contribution in [0.15, 0.2) is 24.5 Å². The summed E-state index contributed by atoms with van der Waals surface area (Å²) in [5.41, 5.74) is 1.36. The van der Waals surface area contributed by atoms with E-state index in [0.29, 0.717) is 0 Å². The molecule has 1 saturated heterocycles. The molecule has 2 rings (SSSR count). The van der Waals surface area contributed by atoms with Crippen LogP contribution in [0.1, 0.15) is 25.8 Å². The molecule has 0 saturated carbocycles. The fraction of sp³-hybridized carbons (Fsp3) is 0.538. The number of carbonyl (C=O) groups excluding carboxylic acids is 1. The van der Waals surface area contributed by atoms with Gasteiger partial charge in [0.1, 0.15) is 0 Å². The number of hydrogen-bond acceptors (Lipinski definition) is 3. The number of rotatable bonds is 2. The van der Waals surface area contributed by atoms with Crippen LogP contribution >= 0.6 is 0 Å². The van der Waals surface area contributed by atoms with E-state index in [2.05, 4.69) is 4.98 Å². The average molecular weight is 288 g/mol. The molecule has 2 heterocycles. The predicted molar refractivity (Wildman–Crippen MR) is 64.4 cm³/mol. The van der Waals surface area contributed by atoms with E-state index in [1.165, 1.54) is 31.5 Å². The van der Waals surface area contributed by atoms with Crippen LogP contribution in [0.5, 0.6) is 0 Å². The molecule has 7 heteroatoms. The molecule has 1 aromatic heterocycles. The number of halogens is 3. The Bertz CT molecular complexity index is 520. The van der Waals surface area contributed by atoms with Gasteiger partial charge < -0.3 is 10.5 Å². The first kappa shape index (κ1) is 14.8. The monoisotopic (exact) mass is 288 g/mol. The van der Waals surface area contributed by atoms with Crippen molar-refractivity contribution < 1.29 is 22.7 Å². The second kappa shape index (κ2) is 4.44. The van der Waals surface area contributed by atoms with Crippen LogP contribution in [-0.2, 0) is 15.1 Å². The number of nitrogens with two attached hydrogens (primary N) is 1. The van der Waals surface area contributed by atoms with Crippen LogP contribution in [0.3, 0.4) is 0 Å². The van der Waals surface area contributed by atoms with E-state index < -0.39 is 29.2 Å². The minimum atomic E-state index is -4.59. The van der Waals surface area contributed by atoms with Crippen molar-refractivity contribution in [1.29, 1.82) is 0 Å². The summed E-state index contributed by atoms with van der Waals surface area (Å²) in [6.45, 7) is 2.34. The molecule has 3 unspecified atom stereocenters. The molecule has 4 nitrogen and oxygen atoms in total. The van der Waals surface area contributed by atoms with Crippen LogP contribution in [0, 0.1) is 5.92 Å². The molecule has 0 aromatic carbocycles. The molecule has 1 aromatic rings. The molecule has 0 bridgehead atoms. The van der Waals surface area contributed by atoms with Crippen LogP contribution in [0.25, 0.3) is 0 Å². The molecule has 1 fully saturated rings. The zero-order valence-electron chi connectivity index (χ0n) is 11.1. The molecule has 0 spiro atoms. The molecule has 20 heavy (non-hydrogen) atoms. The number of ether oxygens (including phenoxy) is 1. The van der Waals surface area contributed by atoms with Gasteiger partial charge in [-0.15, -0.1) is 0 Å². The molecule has 1 aliphatic rings. The molecule has 1 aliphatic heterocycles. The third-order valence-electron chi connectivity index (χ3n) is 4.01. The van der Waals surface area contributed by atoms with Crippen LogP contribution < -0.4 is 5.73 Å². The van der Waals surface area contributed by atoms with Crippen molar-refractivity contribution in [2.24, 2.45) is 11.7 Å². The fourth-order valence-electron chi connectivity index (χ4n) is 2.54. The Morgan fingerprint density at radius 1 is 1.55 bits per heavy atom. The lowest BCUT2D eigenvalue weighted by atomic mass is 9.83. The Morgan fingerprint density at radius 2 is 2.20 bits per heavy atom. The zero-order valence-corrected chi connectivity index (χ0v) is 11.1. The van der Waals surface area contributed by atoms with Crippen molar-refractivity contribution in [3.8, 4) is 0 Å². The highest BCUT2D eigenvalue weighted by molar-refractivity contribution is 5.85. The quantitative estimate of drug-likeness (QED) is 0.906. The minimum absolute atomic E-state index is 0.135. The standard InChI is InChI=1S/C13H15F3N2O2/c1-8-6-12(10(17)19,9-4-3-5-18-7-9)20-11(8,2)13(14,15)16/h3-5,7-8H,6H2,1-2H3,(H2,17,19). The van der Waals surface area contributed by atoms with Crippen LogP contribution in [0.2, 0.25) is 0 Å². The number of aromatic nitrogens is 1. The molecule has 110 valence electrons. The number of hydrogen-bond donors (Lipinski definition) is 1. The van der Waals surface area contributed by atoms with E-state index in [-0.39, 0.29) is 12.0 Å². The van der Waals surface area contributed by atoms with E-state index >= 15 is 0 Å². The first-order chi connectivity index (χ1) is 9.13. The summed E-state index contributed by atoms with van der Waals surface area (Å²) in [7, 11) is 0. The third kappa shape index (κ3) is 1.96. The molecule has 3 atom stereocenters. The first-order valence-electron chi connectivity index (χ1n) is 6.11. The summed E-state index contributed by atoms with van der Waals surface area (Å²) in [6, 6.07) is 3.02. The van der Waals surface area contributed by atoms with Gasteiger partial charge in [0.25, 0.3) is 5.91 Å². The van der Waals surface area contributed by atoms with Crippen molar-refractivity contribution in [2.75, 3.05) is 0 Å². The maximum Gasteiger partial charge on any atom is 0.417 e. The summed E-state index contributed by atoms with van der Waals surface area (Å²) in [6.07, 6.45) is -1.96. The molecular weight excluding hydrogens is 273 g/mol. The Hall–Kier alpha value is -1.63. The number of amides is 1. The van der Waals surface area contributed by atoms with E-state index in [4.69, 9.17) is 10.5 Å². The number of pyridine rings is 1. The van der Waals surface area contributed by atoms with Crippen molar-refractivity contribution in [1.82, 2.24) is 4.98 Å². The Balaban J connectivity index is 2.52. The SMILES string of the molecule is CC1CC(C(N)=O)(c2cccnc2)OC1(C)C(F)(F)F. The second-order valence-corrected chi connectivity index (χ2v) is 5.25. The number of nitrogens with zero attached hydrogens (tertiary/aromatic N) is 1. The van der Waals surface area contributed by atoms with Crippen molar-refractivity contribution in [3.63, 3.8) is 0 Å². The Labute approximate surface area is 114 Å². The molecular formula is C13H15F3N2O2. The van der Waals surface area contributed by atoms with Crippen LogP contribution in [-0.4, -0.2) is 22.7 Å². The average Bonchev–Trinajstić information content (AvgIpc) is 2.65. The Morgan fingerprint density at radius 3 is 2.60 bits per heavy atom. The van der Waals surface area contributed by atoms with Gasteiger partial charge in [-0.25, -0.2) is 0 Å². The van der Waals surface area contributed by atoms with Gasteiger partial charge >= 0.3 is 6.18 Å². The largest absolute Gasteiger partial charge is 0.417 e. The van der Waals surface area contributed by atoms with E-state index in [1.807, 2.05) is 0 Å². The summed E-state index contributed by atoms with van der Waals surface area (Å²) < 4.78 is 44.9. The smallest absolute Gasteiger partial charge is 0.367 e. The van der Waals surface area contributed by atoms with Crippen LogP contribution in [0.4, 0.5) is 13.2 Å². The van der Waals surface area contributed by atoms with E-state index in [9.17, 15) is 18.0 Å². The maximum absolute atomic E-state index is 13.2. The van der Waals surface area contributed by atoms with E-state index in [0.717, 1.165) is 6.92 Å². The highest BCUT2D eigenvalue weighted by Gasteiger charge is 2.66. The third-order valence-corrected chi connectivity index (χ3v) is 4.01. The van der Waals surface area contributed by atoms with Crippen molar-refractivity contribution in [2.45, 2.75) is 37.6 Å². The van der Waals surface area contributed by atoms with Gasteiger partial charge in [-0.05, 0) is 25.3 Å². The maximum atomic E-state index is 13.2. The highest BCUT2D eigenvalue weighted by atomic mass is 19.4. The number of alkyl halides is 3.